The van der Waals surface area contributed by atoms with Crippen LogP contribution in [0, 0.1) is 23.0 Å². The third kappa shape index (κ3) is 3.69. The summed E-state index contributed by atoms with van der Waals surface area (Å²) in [6.45, 7) is 0.482. The number of nitrogens with one attached hydrogen (secondary N) is 1. The molecule has 0 unspecified atom stereocenters. The van der Waals surface area contributed by atoms with Crippen molar-refractivity contribution in [2.45, 2.75) is 6.54 Å². The fourth-order valence-corrected chi connectivity index (χ4v) is 1.63. The molecule has 0 saturated carbocycles. The summed E-state index contributed by atoms with van der Waals surface area (Å²) in [4.78, 5) is 0. The molecule has 0 aliphatic rings. The summed E-state index contributed by atoms with van der Waals surface area (Å²) in [6.07, 6.45) is 0. The second-order valence-corrected chi connectivity index (χ2v) is 4.07. The van der Waals surface area contributed by atoms with E-state index in [9.17, 15) is 8.78 Å². The van der Waals surface area contributed by atoms with Gasteiger partial charge in [0, 0.05) is 18.3 Å². The van der Waals surface area contributed by atoms with Crippen molar-refractivity contribution in [2.24, 2.45) is 0 Å². The van der Waals surface area contributed by atoms with Gasteiger partial charge in [0.15, 0.2) is 18.2 Å². The zero-order chi connectivity index (χ0) is 14.4. The van der Waals surface area contributed by atoms with Crippen LogP contribution in [0.1, 0.15) is 5.56 Å². The van der Waals surface area contributed by atoms with Crippen molar-refractivity contribution in [3.63, 3.8) is 0 Å². The topological polar surface area (TPSA) is 45.0 Å². The Labute approximate surface area is 115 Å². The summed E-state index contributed by atoms with van der Waals surface area (Å²) in [5, 5.41) is 11.4. The minimum Gasteiger partial charge on any atom is -0.479 e. The molecule has 0 atom stereocenters. The number of hydrogen-bond acceptors (Lipinski definition) is 3. The lowest BCUT2D eigenvalue weighted by atomic mass is 10.2. The molecule has 0 saturated heterocycles. The molecule has 0 bridgehead atoms. The number of benzene rings is 2. The fourth-order valence-electron chi connectivity index (χ4n) is 1.63. The van der Waals surface area contributed by atoms with Crippen LogP contribution in [-0.4, -0.2) is 6.61 Å². The number of anilines is 1. The summed E-state index contributed by atoms with van der Waals surface area (Å²) in [5.41, 5.74) is 1.47. The molecule has 0 amide bonds. The summed E-state index contributed by atoms with van der Waals surface area (Å²) in [6, 6.07) is 12.7. The summed E-state index contributed by atoms with van der Waals surface area (Å²) in [5.74, 6) is -1.13. The van der Waals surface area contributed by atoms with Gasteiger partial charge >= 0.3 is 0 Å². The molecule has 0 spiro atoms. The molecule has 1 N–H and O–H groups in total. The number of nitrogens with zero attached hydrogens (tertiary/aromatic N) is 1. The van der Waals surface area contributed by atoms with Gasteiger partial charge in [-0.05, 0) is 29.8 Å². The normalized spacial score (nSPS) is 9.85. The van der Waals surface area contributed by atoms with Crippen molar-refractivity contribution < 1.29 is 13.5 Å². The third-order valence-corrected chi connectivity index (χ3v) is 2.64. The SMILES string of the molecule is N#CCOc1ccc(CNc2ccc(F)c(F)c2)cc1. The molecule has 2 rings (SSSR count). The smallest absolute Gasteiger partial charge is 0.174 e. The zero-order valence-electron chi connectivity index (χ0n) is 10.6. The number of hydrogen-bond donors (Lipinski definition) is 1. The van der Waals surface area contributed by atoms with Crippen molar-refractivity contribution in [1.82, 2.24) is 0 Å². The Bertz CT molecular complexity index is 621. The van der Waals surface area contributed by atoms with E-state index in [1.165, 1.54) is 6.07 Å². The second kappa shape index (κ2) is 6.53. The van der Waals surface area contributed by atoms with Crippen LogP contribution in [0.5, 0.6) is 5.75 Å². The highest BCUT2D eigenvalue weighted by molar-refractivity contribution is 5.44. The van der Waals surface area contributed by atoms with Crippen molar-refractivity contribution >= 4 is 5.69 Å². The molecule has 0 radical (unpaired) electrons. The average molecular weight is 274 g/mol. The van der Waals surface area contributed by atoms with E-state index in [0.717, 1.165) is 17.7 Å². The molecule has 0 aliphatic heterocycles. The molecule has 5 heteroatoms. The van der Waals surface area contributed by atoms with Crippen LogP contribution in [0.25, 0.3) is 0 Å². The number of ether oxygens (including phenoxy) is 1. The lowest BCUT2D eigenvalue weighted by molar-refractivity contribution is 0.368. The molecule has 0 aliphatic carbocycles. The van der Waals surface area contributed by atoms with Crippen molar-refractivity contribution in [3.05, 3.63) is 59.7 Å². The van der Waals surface area contributed by atoms with Gasteiger partial charge in [-0.1, -0.05) is 12.1 Å². The van der Waals surface area contributed by atoms with Crippen LogP contribution in [0.4, 0.5) is 14.5 Å². The molecule has 0 heterocycles. The molecule has 3 nitrogen and oxygen atoms in total. The third-order valence-electron chi connectivity index (χ3n) is 2.64. The molecule has 20 heavy (non-hydrogen) atoms. The second-order valence-electron chi connectivity index (χ2n) is 4.07. The van der Waals surface area contributed by atoms with Gasteiger partial charge in [-0.3, -0.25) is 0 Å². The van der Waals surface area contributed by atoms with Gasteiger partial charge < -0.3 is 10.1 Å². The van der Waals surface area contributed by atoms with Gasteiger partial charge in [0.1, 0.15) is 11.8 Å². The van der Waals surface area contributed by atoms with Crippen LogP contribution in [-0.2, 0) is 6.54 Å². The lowest BCUT2D eigenvalue weighted by Crippen LogP contribution is -2.00. The standard InChI is InChI=1S/C15H12F2N2O/c16-14-6-3-12(9-15(14)17)19-10-11-1-4-13(5-2-11)20-8-7-18/h1-6,9,19H,8,10H2. The molecule has 0 fully saturated rings. The molecule has 2 aromatic carbocycles. The minimum absolute atomic E-state index is 0.00640. The van der Waals surface area contributed by atoms with E-state index in [0.29, 0.717) is 18.0 Å². The van der Waals surface area contributed by atoms with Crippen LogP contribution >= 0.6 is 0 Å². The van der Waals surface area contributed by atoms with Crippen molar-refractivity contribution in [3.8, 4) is 11.8 Å². The number of rotatable bonds is 5. The predicted octanol–water partition coefficient (Wildman–Crippen LogP) is 3.48. The zero-order valence-corrected chi connectivity index (χ0v) is 10.6. The first-order chi connectivity index (χ1) is 9.69. The summed E-state index contributed by atoms with van der Waals surface area (Å²) in [7, 11) is 0. The van der Waals surface area contributed by atoms with Crippen molar-refractivity contribution in [2.75, 3.05) is 11.9 Å². The Morgan fingerprint density at radius 1 is 1.05 bits per heavy atom. The van der Waals surface area contributed by atoms with Gasteiger partial charge in [-0.15, -0.1) is 0 Å². The molecule has 2 aromatic rings. The van der Waals surface area contributed by atoms with Gasteiger partial charge in [0.2, 0.25) is 0 Å². The van der Waals surface area contributed by atoms with E-state index < -0.39 is 11.6 Å². The van der Waals surface area contributed by atoms with E-state index >= 15 is 0 Å². The maximum absolute atomic E-state index is 13.0. The monoisotopic (exact) mass is 274 g/mol. The van der Waals surface area contributed by atoms with E-state index in [1.54, 1.807) is 12.1 Å². The van der Waals surface area contributed by atoms with Crippen molar-refractivity contribution in [1.29, 1.82) is 5.26 Å². The summed E-state index contributed by atoms with van der Waals surface area (Å²) < 4.78 is 30.9. The highest BCUT2D eigenvalue weighted by atomic mass is 19.2. The number of halogens is 2. The maximum Gasteiger partial charge on any atom is 0.174 e. The Hall–Kier alpha value is -2.61. The van der Waals surface area contributed by atoms with Gasteiger partial charge in [-0.25, -0.2) is 8.78 Å². The molecular formula is C15H12F2N2O. The van der Waals surface area contributed by atoms with Gasteiger partial charge in [0.05, 0.1) is 0 Å². The first-order valence-electron chi connectivity index (χ1n) is 5.96. The van der Waals surface area contributed by atoms with E-state index in [1.807, 2.05) is 18.2 Å². The first kappa shape index (κ1) is 13.8. The highest BCUT2D eigenvalue weighted by Gasteiger charge is 2.02. The largest absolute Gasteiger partial charge is 0.479 e. The Morgan fingerprint density at radius 3 is 2.45 bits per heavy atom. The fraction of sp³-hybridized carbons (Fsp3) is 0.133. The van der Waals surface area contributed by atoms with E-state index in [-0.39, 0.29) is 6.61 Å². The van der Waals surface area contributed by atoms with E-state index in [2.05, 4.69) is 5.32 Å². The summed E-state index contributed by atoms with van der Waals surface area (Å²) >= 11 is 0. The Morgan fingerprint density at radius 2 is 1.80 bits per heavy atom. The minimum atomic E-state index is -0.879. The lowest BCUT2D eigenvalue weighted by Gasteiger charge is -2.08. The van der Waals surface area contributed by atoms with Crippen LogP contribution in [0.3, 0.4) is 0 Å². The van der Waals surface area contributed by atoms with E-state index in [4.69, 9.17) is 10.00 Å². The number of nitriles is 1. The highest BCUT2D eigenvalue weighted by Crippen LogP contribution is 2.16. The quantitative estimate of drug-likeness (QED) is 0.907. The van der Waals surface area contributed by atoms with Gasteiger partial charge in [0.25, 0.3) is 0 Å². The molecule has 0 aromatic heterocycles. The predicted molar refractivity (Wildman–Crippen MR) is 71.2 cm³/mol. The average Bonchev–Trinajstić information content (AvgIpc) is 2.47. The van der Waals surface area contributed by atoms with Crippen LogP contribution < -0.4 is 10.1 Å². The van der Waals surface area contributed by atoms with Gasteiger partial charge in [-0.2, -0.15) is 5.26 Å². The van der Waals surface area contributed by atoms with Crippen LogP contribution in [0.2, 0.25) is 0 Å². The first-order valence-corrected chi connectivity index (χ1v) is 5.96. The molecular weight excluding hydrogens is 262 g/mol. The van der Waals surface area contributed by atoms with Crippen LogP contribution in [0.15, 0.2) is 42.5 Å². The maximum atomic E-state index is 13.0. The molecule has 102 valence electrons. The Balaban J connectivity index is 1.93. The Kier molecular flexibility index (Phi) is 4.51.